The largest absolute Gasteiger partial charge is 0.390 e. The maximum absolute atomic E-state index is 14.2. The third kappa shape index (κ3) is 6.26. The van der Waals surface area contributed by atoms with Crippen LogP contribution in [0.25, 0.3) is 0 Å². The van der Waals surface area contributed by atoms with E-state index in [0.29, 0.717) is 30.7 Å². The predicted octanol–water partition coefficient (Wildman–Crippen LogP) is 5.81. The summed E-state index contributed by atoms with van der Waals surface area (Å²) in [5.74, 6) is -2.32. The highest BCUT2D eigenvalue weighted by atomic mass is 19.2. The molecule has 2 N–H and O–H groups in total. The number of nitrogens with one attached hydrogen (secondary N) is 1. The minimum absolute atomic E-state index is 0.160. The molecule has 0 aromatic heterocycles. The van der Waals surface area contributed by atoms with Gasteiger partial charge in [0.25, 0.3) is 0 Å². The van der Waals surface area contributed by atoms with Gasteiger partial charge in [0, 0.05) is 18.0 Å². The smallest absolute Gasteiger partial charge is 0.248 e. The fourth-order valence-electron chi connectivity index (χ4n) is 4.65. The van der Waals surface area contributed by atoms with Crippen LogP contribution in [-0.4, -0.2) is 34.4 Å². The third-order valence-corrected chi connectivity index (χ3v) is 6.68. The summed E-state index contributed by atoms with van der Waals surface area (Å²) in [5, 5.41) is 19.6. The maximum atomic E-state index is 14.2. The molecule has 2 atom stereocenters. The fourth-order valence-corrected chi connectivity index (χ4v) is 4.65. The summed E-state index contributed by atoms with van der Waals surface area (Å²) in [6.07, 6.45) is 4.66. The van der Waals surface area contributed by atoms with E-state index in [9.17, 15) is 18.7 Å². The lowest BCUT2D eigenvalue weighted by Crippen LogP contribution is -2.58. The van der Waals surface area contributed by atoms with Gasteiger partial charge in [-0.25, -0.2) is 13.8 Å². The lowest BCUT2D eigenvalue weighted by atomic mass is 9.77. The summed E-state index contributed by atoms with van der Waals surface area (Å²) in [5.41, 5.74) is 0.0384. The van der Waals surface area contributed by atoms with Crippen molar-refractivity contribution in [1.29, 1.82) is 0 Å². The van der Waals surface area contributed by atoms with E-state index in [4.69, 9.17) is 5.10 Å². The molecule has 0 spiro atoms. The number of benzene rings is 2. The molecule has 1 aliphatic rings. The summed E-state index contributed by atoms with van der Waals surface area (Å²) in [4.78, 5) is 13.8. The van der Waals surface area contributed by atoms with Crippen molar-refractivity contribution in [3.63, 3.8) is 0 Å². The SMILES string of the molecule is CCCCC1C(c2ccc(F)c(F)c2)=NN(c2ccccc2)C1(C)C(=O)NCCCCC(C)(C)O. The van der Waals surface area contributed by atoms with E-state index in [1.165, 1.54) is 6.07 Å². The van der Waals surface area contributed by atoms with E-state index < -0.39 is 22.8 Å². The van der Waals surface area contributed by atoms with Crippen molar-refractivity contribution in [1.82, 2.24) is 5.32 Å². The maximum Gasteiger partial charge on any atom is 0.248 e. The van der Waals surface area contributed by atoms with Crippen molar-refractivity contribution in [2.75, 3.05) is 11.6 Å². The van der Waals surface area contributed by atoms with Crippen molar-refractivity contribution in [2.45, 2.75) is 77.4 Å². The van der Waals surface area contributed by atoms with Gasteiger partial charge in [0.2, 0.25) is 5.91 Å². The molecule has 0 aliphatic carbocycles. The molecule has 1 amide bonds. The Balaban J connectivity index is 1.94. The molecular weight excluding hydrogens is 448 g/mol. The number of anilines is 1. The van der Waals surface area contributed by atoms with Crippen LogP contribution in [0.15, 0.2) is 53.6 Å². The van der Waals surface area contributed by atoms with E-state index in [0.717, 1.165) is 43.5 Å². The van der Waals surface area contributed by atoms with Crippen molar-refractivity contribution >= 4 is 17.3 Å². The molecule has 0 radical (unpaired) electrons. The van der Waals surface area contributed by atoms with Crippen LogP contribution in [0.1, 0.15) is 71.8 Å². The van der Waals surface area contributed by atoms with E-state index in [1.54, 1.807) is 18.9 Å². The monoisotopic (exact) mass is 485 g/mol. The minimum Gasteiger partial charge on any atom is -0.390 e. The zero-order chi connectivity index (χ0) is 25.6. The molecule has 35 heavy (non-hydrogen) atoms. The number of aliphatic hydroxyl groups is 1. The Bertz CT molecular complexity index is 1040. The van der Waals surface area contributed by atoms with Gasteiger partial charge in [0.1, 0.15) is 5.54 Å². The van der Waals surface area contributed by atoms with Crippen molar-refractivity contribution < 1.29 is 18.7 Å². The van der Waals surface area contributed by atoms with Crippen LogP contribution in [0.2, 0.25) is 0 Å². The van der Waals surface area contributed by atoms with E-state index in [-0.39, 0.29) is 11.8 Å². The van der Waals surface area contributed by atoms with Crippen LogP contribution in [0.4, 0.5) is 14.5 Å². The Labute approximate surface area is 207 Å². The average molecular weight is 486 g/mol. The van der Waals surface area contributed by atoms with Gasteiger partial charge in [-0.2, -0.15) is 5.10 Å². The van der Waals surface area contributed by atoms with Crippen molar-refractivity contribution in [2.24, 2.45) is 11.0 Å². The highest BCUT2D eigenvalue weighted by molar-refractivity contribution is 6.10. The second-order valence-corrected chi connectivity index (χ2v) is 10.1. The van der Waals surface area contributed by atoms with Crippen molar-refractivity contribution in [3.05, 3.63) is 65.7 Å². The van der Waals surface area contributed by atoms with Crippen molar-refractivity contribution in [3.8, 4) is 0 Å². The number of para-hydroxylation sites is 1. The number of hydrogen-bond donors (Lipinski definition) is 2. The van der Waals surface area contributed by atoms with Gasteiger partial charge in [0.05, 0.1) is 17.0 Å². The molecule has 190 valence electrons. The quantitative estimate of drug-likeness (QED) is 0.395. The summed E-state index contributed by atoms with van der Waals surface area (Å²) >= 11 is 0. The molecule has 2 aromatic rings. The van der Waals surface area contributed by atoms with Gasteiger partial charge in [-0.3, -0.25) is 4.79 Å². The second-order valence-electron chi connectivity index (χ2n) is 10.1. The van der Waals surface area contributed by atoms with Gasteiger partial charge < -0.3 is 10.4 Å². The lowest BCUT2D eigenvalue weighted by molar-refractivity contribution is -0.126. The van der Waals surface area contributed by atoms with E-state index in [2.05, 4.69) is 12.2 Å². The molecule has 1 heterocycles. The molecule has 0 saturated heterocycles. The highest BCUT2D eigenvalue weighted by Crippen LogP contribution is 2.41. The van der Waals surface area contributed by atoms with E-state index >= 15 is 0 Å². The summed E-state index contributed by atoms with van der Waals surface area (Å²) in [7, 11) is 0. The van der Waals surface area contributed by atoms with Crippen LogP contribution in [0.5, 0.6) is 0 Å². The van der Waals surface area contributed by atoms with Gasteiger partial charge in [0.15, 0.2) is 11.6 Å². The summed E-state index contributed by atoms with van der Waals surface area (Å²) in [6, 6.07) is 13.2. The first-order valence-electron chi connectivity index (χ1n) is 12.5. The fraction of sp³-hybridized carbons (Fsp3) is 0.500. The van der Waals surface area contributed by atoms with Gasteiger partial charge in [-0.15, -0.1) is 0 Å². The molecule has 0 bridgehead atoms. The predicted molar refractivity (Wildman–Crippen MR) is 136 cm³/mol. The number of hydrazone groups is 1. The van der Waals surface area contributed by atoms with Crippen LogP contribution < -0.4 is 10.3 Å². The van der Waals surface area contributed by atoms with E-state index in [1.807, 2.05) is 37.3 Å². The molecule has 0 fully saturated rings. The number of nitrogens with zero attached hydrogens (tertiary/aromatic N) is 2. The van der Waals surface area contributed by atoms with Gasteiger partial charge >= 0.3 is 0 Å². The third-order valence-electron chi connectivity index (χ3n) is 6.68. The Morgan fingerprint density at radius 3 is 2.46 bits per heavy atom. The standard InChI is InChI=1S/C28H37F2N3O2/c1-5-6-14-22-25(20-15-16-23(29)24(30)19-20)32-33(21-12-8-7-9-13-21)28(22,4)26(34)31-18-11-10-17-27(2,3)35/h7-9,12-13,15-16,19,22,35H,5-6,10-11,14,17-18H2,1-4H3,(H,31,34). The van der Waals surface area contributed by atoms with Crippen LogP contribution in [0.3, 0.4) is 0 Å². The Hall–Kier alpha value is -2.80. The number of rotatable bonds is 11. The average Bonchev–Trinajstić information content (AvgIpc) is 3.12. The Morgan fingerprint density at radius 1 is 1.11 bits per heavy atom. The number of unbranched alkanes of at least 4 members (excludes halogenated alkanes) is 2. The van der Waals surface area contributed by atoms with Crippen LogP contribution in [-0.2, 0) is 4.79 Å². The first kappa shape index (κ1) is 26.8. The lowest BCUT2D eigenvalue weighted by Gasteiger charge is -2.37. The first-order chi connectivity index (χ1) is 16.6. The zero-order valence-electron chi connectivity index (χ0n) is 21.2. The highest BCUT2D eigenvalue weighted by Gasteiger charge is 2.53. The Kier molecular flexibility index (Phi) is 8.65. The number of carbonyl (C=O) groups excluding carboxylic acids is 1. The molecule has 7 heteroatoms. The molecule has 2 unspecified atom stereocenters. The van der Waals surface area contributed by atoms with Crippen LogP contribution in [0, 0.1) is 17.6 Å². The first-order valence-corrected chi connectivity index (χ1v) is 12.5. The number of hydrogen-bond acceptors (Lipinski definition) is 4. The molecule has 3 rings (SSSR count). The normalized spacial score (nSPS) is 20.1. The molecular formula is C28H37F2N3O2. The number of carbonyl (C=O) groups is 1. The second kappa shape index (κ2) is 11.3. The van der Waals surface area contributed by atoms with Gasteiger partial charge in [-0.1, -0.05) is 38.0 Å². The number of amides is 1. The molecule has 0 saturated carbocycles. The Morgan fingerprint density at radius 2 is 1.83 bits per heavy atom. The van der Waals surface area contributed by atoms with Gasteiger partial charge in [-0.05, 0) is 76.8 Å². The molecule has 2 aromatic carbocycles. The zero-order valence-corrected chi connectivity index (χ0v) is 21.2. The topological polar surface area (TPSA) is 64.9 Å². The summed E-state index contributed by atoms with van der Waals surface area (Å²) in [6.45, 7) is 7.99. The molecule has 1 aliphatic heterocycles. The number of halogens is 2. The molecule has 5 nitrogen and oxygen atoms in total. The minimum atomic E-state index is -1.05. The van der Waals surface area contributed by atoms with Crippen LogP contribution >= 0.6 is 0 Å². The summed E-state index contributed by atoms with van der Waals surface area (Å²) < 4.78 is 27.8.